The lowest BCUT2D eigenvalue weighted by Crippen LogP contribution is -2.12. The van der Waals surface area contributed by atoms with Gasteiger partial charge < -0.3 is 9.84 Å². The second-order valence-corrected chi connectivity index (χ2v) is 3.45. The van der Waals surface area contributed by atoms with Crippen molar-refractivity contribution in [2.45, 2.75) is 26.9 Å². The smallest absolute Gasteiger partial charge is 0.338 e. The van der Waals surface area contributed by atoms with Gasteiger partial charge in [-0.25, -0.2) is 4.79 Å². The molecule has 1 N–H and O–H groups in total. The van der Waals surface area contributed by atoms with Crippen molar-refractivity contribution < 1.29 is 14.6 Å². The van der Waals surface area contributed by atoms with Crippen LogP contribution in [0.5, 0.6) is 5.75 Å². The van der Waals surface area contributed by atoms with Gasteiger partial charge in [0, 0.05) is 0 Å². The first-order chi connectivity index (χ1) is 6.50. The number of carbonyl (C=O) groups is 1. The molecule has 1 aromatic rings. The largest absolute Gasteiger partial charge is 0.508 e. The summed E-state index contributed by atoms with van der Waals surface area (Å²) in [5.74, 6) is -0.193. The highest BCUT2D eigenvalue weighted by atomic mass is 16.5. The molecule has 0 bridgehead atoms. The normalized spacial score (nSPS) is 10.3. The summed E-state index contributed by atoms with van der Waals surface area (Å²) in [6.07, 6.45) is -0.129. The van der Waals surface area contributed by atoms with E-state index in [0.29, 0.717) is 5.56 Å². The van der Waals surface area contributed by atoms with Gasteiger partial charge in [0.25, 0.3) is 0 Å². The second kappa shape index (κ2) is 4.13. The van der Waals surface area contributed by atoms with Crippen molar-refractivity contribution in [3.05, 3.63) is 29.3 Å². The van der Waals surface area contributed by atoms with Crippen molar-refractivity contribution >= 4 is 5.97 Å². The Bertz CT molecular complexity index is 342. The minimum atomic E-state index is -0.350. The van der Waals surface area contributed by atoms with E-state index in [9.17, 15) is 4.79 Å². The molecule has 0 atom stereocenters. The SMILES string of the molecule is Cc1cc(O)ccc1C(=O)OC(C)C. The minimum Gasteiger partial charge on any atom is -0.508 e. The van der Waals surface area contributed by atoms with Crippen LogP contribution in [0.3, 0.4) is 0 Å². The van der Waals surface area contributed by atoms with Crippen LogP contribution >= 0.6 is 0 Å². The van der Waals surface area contributed by atoms with Gasteiger partial charge >= 0.3 is 5.97 Å². The van der Waals surface area contributed by atoms with Crippen LogP contribution in [0.1, 0.15) is 29.8 Å². The third kappa shape index (κ3) is 2.49. The van der Waals surface area contributed by atoms with Gasteiger partial charge in [-0.2, -0.15) is 0 Å². The Balaban J connectivity index is 2.90. The van der Waals surface area contributed by atoms with Crippen molar-refractivity contribution in [3.63, 3.8) is 0 Å². The van der Waals surface area contributed by atoms with Crippen LogP contribution in [-0.4, -0.2) is 17.2 Å². The molecule has 0 aliphatic heterocycles. The number of esters is 1. The van der Waals surface area contributed by atoms with Crippen LogP contribution in [0.25, 0.3) is 0 Å². The average Bonchev–Trinajstić information content (AvgIpc) is 2.01. The highest BCUT2D eigenvalue weighted by molar-refractivity contribution is 5.91. The molecule has 0 heterocycles. The Morgan fingerprint density at radius 2 is 2.07 bits per heavy atom. The Morgan fingerprint density at radius 1 is 1.43 bits per heavy atom. The molecule has 0 amide bonds. The Morgan fingerprint density at radius 3 is 2.57 bits per heavy atom. The van der Waals surface area contributed by atoms with E-state index < -0.39 is 0 Å². The molecule has 0 saturated carbocycles. The van der Waals surface area contributed by atoms with Gasteiger partial charge in [0.15, 0.2) is 0 Å². The van der Waals surface area contributed by atoms with Crippen molar-refractivity contribution in [2.24, 2.45) is 0 Å². The number of carbonyl (C=O) groups excluding carboxylic acids is 1. The zero-order chi connectivity index (χ0) is 10.7. The fraction of sp³-hybridized carbons (Fsp3) is 0.364. The molecule has 0 unspecified atom stereocenters. The number of phenolic OH excluding ortho intramolecular Hbond substituents is 1. The molecule has 0 aliphatic rings. The summed E-state index contributed by atoms with van der Waals surface area (Å²) >= 11 is 0. The van der Waals surface area contributed by atoms with E-state index in [-0.39, 0.29) is 17.8 Å². The molecule has 0 saturated heterocycles. The predicted molar refractivity (Wildman–Crippen MR) is 53.4 cm³/mol. The summed E-state index contributed by atoms with van der Waals surface area (Å²) < 4.78 is 5.04. The summed E-state index contributed by atoms with van der Waals surface area (Å²) in [5.41, 5.74) is 1.21. The Hall–Kier alpha value is -1.51. The fourth-order valence-corrected chi connectivity index (χ4v) is 1.15. The number of ether oxygens (including phenoxy) is 1. The predicted octanol–water partition coefficient (Wildman–Crippen LogP) is 2.27. The van der Waals surface area contributed by atoms with Crippen molar-refractivity contribution in [2.75, 3.05) is 0 Å². The van der Waals surface area contributed by atoms with Gasteiger partial charge in [0.2, 0.25) is 0 Å². The lowest BCUT2D eigenvalue weighted by molar-refractivity contribution is 0.0377. The van der Waals surface area contributed by atoms with Gasteiger partial charge in [0.05, 0.1) is 11.7 Å². The zero-order valence-electron chi connectivity index (χ0n) is 8.57. The van der Waals surface area contributed by atoms with E-state index in [1.165, 1.54) is 12.1 Å². The average molecular weight is 194 g/mol. The molecule has 0 fully saturated rings. The lowest BCUT2D eigenvalue weighted by Gasteiger charge is -2.09. The number of hydrogen-bond acceptors (Lipinski definition) is 3. The quantitative estimate of drug-likeness (QED) is 0.734. The van der Waals surface area contributed by atoms with E-state index in [1.54, 1.807) is 26.8 Å². The molecule has 0 radical (unpaired) electrons. The van der Waals surface area contributed by atoms with E-state index in [1.807, 2.05) is 0 Å². The van der Waals surface area contributed by atoms with E-state index in [2.05, 4.69) is 0 Å². The Kier molecular flexibility index (Phi) is 3.12. The molecule has 0 aromatic heterocycles. The summed E-state index contributed by atoms with van der Waals surface area (Å²) in [4.78, 5) is 11.5. The fourth-order valence-electron chi connectivity index (χ4n) is 1.15. The van der Waals surface area contributed by atoms with Crippen molar-refractivity contribution in [1.82, 2.24) is 0 Å². The van der Waals surface area contributed by atoms with Gasteiger partial charge in [-0.15, -0.1) is 0 Å². The van der Waals surface area contributed by atoms with Crippen LogP contribution in [0.15, 0.2) is 18.2 Å². The maximum atomic E-state index is 11.5. The number of aryl methyl sites for hydroxylation is 1. The summed E-state index contributed by atoms with van der Waals surface area (Å²) in [6.45, 7) is 5.36. The maximum Gasteiger partial charge on any atom is 0.338 e. The number of phenols is 1. The highest BCUT2D eigenvalue weighted by Gasteiger charge is 2.11. The first kappa shape index (κ1) is 10.6. The molecule has 0 aliphatic carbocycles. The third-order valence-electron chi connectivity index (χ3n) is 1.77. The second-order valence-electron chi connectivity index (χ2n) is 3.45. The maximum absolute atomic E-state index is 11.5. The molecule has 1 rings (SSSR count). The zero-order valence-corrected chi connectivity index (χ0v) is 8.57. The number of hydrogen-bond donors (Lipinski definition) is 1. The van der Waals surface area contributed by atoms with E-state index in [4.69, 9.17) is 9.84 Å². The van der Waals surface area contributed by atoms with Crippen LogP contribution in [-0.2, 0) is 4.74 Å². The number of aromatic hydroxyl groups is 1. The Labute approximate surface area is 83.3 Å². The van der Waals surface area contributed by atoms with Crippen molar-refractivity contribution in [3.8, 4) is 5.75 Å². The monoisotopic (exact) mass is 194 g/mol. The van der Waals surface area contributed by atoms with E-state index >= 15 is 0 Å². The third-order valence-corrected chi connectivity index (χ3v) is 1.77. The molecular formula is C11H14O3. The number of benzene rings is 1. The van der Waals surface area contributed by atoms with Gasteiger partial charge in [-0.05, 0) is 44.5 Å². The van der Waals surface area contributed by atoms with E-state index in [0.717, 1.165) is 5.56 Å². The van der Waals surface area contributed by atoms with Crippen LogP contribution in [0, 0.1) is 6.92 Å². The molecular weight excluding hydrogens is 180 g/mol. The van der Waals surface area contributed by atoms with Crippen LogP contribution in [0.4, 0.5) is 0 Å². The van der Waals surface area contributed by atoms with Crippen molar-refractivity contribution in [1.29, 1.82) is 0 Å². The molecule has 3 heteroatoms. The summed E-state index contributed by atoms with van der Waals surface area (Å²) in [6, 6.07) is 4.58. The van der Waals surface area contributed by atoms with Crippen LogP contribution < -0.4 is 0 Å². The van der Waals surface area contributed by atoms with Gasteiger partial charge in [0.1, 0.15) is 5.75 Å². The van der Waals surface area contributed by atoms with Crippen LogP contribution in [0.2, 0.25) is 0 Å². The first-order valence-electron chi connectivity index (χ1n) is 4.51. The first-order valence-corrected chi connectivity index (χ1v) is 4.51. The molecule has 3 nitrogen and oxygen atoms in total. The van der Waals surface area contributed by atoms with Gasteiger partial charge in [-0.1, -0.05) is 0 Å². The number of rotatable bonds is 2. The highest BCUT2D eigenvalue weighted by Crippen LogP contribution is 2.16. The summed E-state index contributed by atoms with van der Waals surface area (Å²) in [5, 5.41) is 9.15. The molecule has 76 valence electrons. The molecule has 1 aromatic carbocycles. The molecule has 0 spiro atoms. The standard InChI is InChI=1S/C11H14O3/c1-7(2)14-11(13)10-5-4-9(12)6-8(10)3/h4-7,12H,1-3H3. The molecule has 14 heavy (non-hydrogen) atoms. The topological polar surface area (TPSA) is 46.5 Å². The lowest BCUT2D eigenvalue weighted by atomic mass is 10.1. The van der Waals surface area contributed by atoms with Gasteiger partial charge in [-0.3, -0.25) is 0 Å². The summed E-state index contributed by atoms with van der Waals surface area (Å²) in [7, 11) is 0. The minimum absolute atomic E-state index is 0.129.